The zero-order valence-electron chi connectivity index (χ0n) is 12.4. The van der Waals surface area contributed by atoms with Crippen molar-refractivity contribution in [1.29, 1.82) is 0 Å². The van der Waals surface area contributed by atoms with Crippen LogP contribution in [0, 0.1) is 3.70 Å². The summed E-state index contributed by atoms with van der Waals surface area (Å²) >= 11 is 2.27. The lowest BCUT2D eigenvalue weighted by molar-refractivity contribution is 0.317. The molecule has 1 fully saturated rings. The van der Waals surface area contributed by atoms with E-state index >= 15 is 0 Å². The number of hydrogen-bond acceptors (Lipinski definition) is 3. The minimum absolute atomic E-state index is 0.438. The van der Waals surface area contributed by atoms with Gasteiger partial charge in [0.05, 0.1) is 0 Å². The number of para-hydroxylation sites is 1. The topological polar surface area (TPSA) is 29.3 Å². The number of pyridine rings is 1. The number of furan rings is 1. The number of nitrogens with zero attached hydrogens (tertiary/aromatic N) is 2. The number of hydrogen-bond donors (Lipinski definition) is 0. The molecule has 1 aliphatic heterocycles. The summed E-state index contributed by atoms with van der Waals surface area (Å²) in [6, 6.07) is 12.9. The van der Waals surface area contributed by atoms with Crippen LogP contribution in [0.15, 0.2) is 47.0 Å². The molecule has 3 aromatic rings. The predicted octanol–water partition coefficient (Wildman–Crippen LogP) is 4.87. The Morgan fingerprint density at radius 1 is 1.27 bits per heavy atom. The Kier molecular flexibility index (Phi) is 3.66. The van der Waals surface area contributed by atoms with Gasteiger partial charge in [0.25, 0.3) is 0 Å². The van der Waals surface area contributed by atoms with E-state index in [1.54, 1.807) is 0 Å². The molecule has 4 rings (SSSR count). The first-order valence-corrected chi connectivity index (χ1v) is 8.65. The molecule has 0 bridgehead atoms. The number of halogens is 1. The molecule has 1 saturated heterocycles. The third kappa shape index (κ3) is 2.44. The molecular formula is C18H17IN2O. The molecule has 4 heteroatoms. The van der Waals surface area contributed by atoms with Crippen LogP contribution in [-0.2, 0) is 0 Å². The van der Waals surface area contributed by atoms with Crippen molar-refractivity contribution in [3.63, 3.8) is 0 Å². The van der Waals surface area contributed by atoms with E-state index in [4.69, 9.17) is 4.42 Å². The third-order valence-electron chi connectivity index (χ3n) is 4.47. The molecule has 1 atom stereocenters. The summed E-state index contributed by atoms with van der Waals surface area (Å²) in [7, 11) is 2.19. The fourth-order valence-corrected chi connectivity index (χ4v) is 3.79. The van der Waals surface area contributed by atoms with Crippen molar-refractivity contribution in [2.45, 2.75) is 18.9 Å². The van der Waals surface area contributed by atoms with Gasteiger partial charge in [0.15, 0.2) is 0 Å². The second-order valence-corrected chi connectivity index (χ2v) is 6.99. The summed E-state index contributed by atoms with van der Waals surface area (Å²) in [5.41, 5.74) is 3.39. The Labute approximate surface area is 143 Å². The lowest BCUT2D eigenvalue weighted by Crippen LogP contribution is -2.18. The summed E-state index contributed by atoms with van der Waals surface area (Å²) in [5, 5.41) is 1.15. The highest BCUT2D eigenvalue weighted by atomic mass is 127. The summed E-state index contributed by atoms with van der Waals surface area (Å²) in [6.07, 6.45) is 4.45. The fraction of sp³-hybridized carbons (Fsp3) is 0.278. The molecule has 0 aliphatic carbocycles. The second-order valence-electron chi connectivity index (χ2n) is 5.88. The number of rotatable bonds is 2. The molecule has 0 amide bonds. The average Bonchev–Trinajstić information content (AvgIpc) is 3.13. The first-order valence-electron chi connectivity index (χ1n) is 7.57. The minimum atomic E-state index is 0.438. The highest BCUT2D eigenvalue weighted by Gasteiger charge is 2.26. The quantitative estimate of drug-likeness (QED) is 0.451. The van der Waals surface area contributed by atoms with Crippen molar-refractivity contribution >= 4 is 33.6 Å². The van der Waals surface area contributed by atoms with Crippen LogP contribution in [0.4, 0.5) is 0 Å². The second kappa shape index (κ2) is 5.66. The van der Waals surface area contributed by atoms with Crippen molar-refractivity contribution in [3.8, 4) is 11.3 Å². The maximum absolute atomic E-state index is 6.09. The number of aromatic nitrogens is 1. The van der Waals surface area contributed by atoms with E-state index in [0.29, 0.717) is 6.04 Å². The minimum Gasteiger partial charge on any atom is -0.456 e. The van der Waals surface area contributed by atoms with E-state index in [-0.39, 0.29) is 0 Å². The van der Waals surface area contributed by atoms with E-state index in [0.717, 1.165) is 27.0 Å². The third-order valence-corrected chi connectivity index (χ3v) is 5.06. The van der Waals surface area contributed by atoms with Crippen LogP contribution < -0.4 is 0 Å². The standard InChI is InChI=1S/C18H17IN2O/c1-21-8-4-6-15(21)14-11-20-18(19)10-13(14)17-9-12-5-2-3-7-16(12)22-17/h2-3,5,7,9-11,15H,4,6,8H2,1H3/t15-/m0/s1. The smallest absolute Gasteiger partial charge is 0.135 e. The molecule has 3 heterocycles. The lowest BCUT2D eigenvalue weighted by Gasteiger charge is -2.21. The zero-order valence-corrected chi connectivity index (χ0v) is 14.6. The highest BCUT2D eigenvalue weighted by Crippen LogP contribution is 2.38. The van der Waals surface area contributed by atoms with Crippen LogP contribution in [0.5, 0.6) is 0 Å². The van der Waals surface area contributed by atoms with Gasteiger partial charge in [0.2, 0.25) is 0 Å². The number of fused-ring (bicyclic) bond motifs is 1. The SMILES string of the molecule is CN1CCC[C@H]1c1cnc(I)cc1-c1cc2ccccc2o1. The molecule has 0 N–H and O–H groups in total. The van der Waals surface area contributed by atoms with Crippen LogP contribution in [-0.4, -0.2) is 23.5 Å². The lowest BCUT2D eigenvalue weighted by atomic mass is 9.99. The number of likely N-dealkylation sites (tertiary alicyclic amines) is 1. The van der Waals surface area contributed by atoms with Gasteiger partial charge in [-0.1, -0.05) is 18.2 Å². The van der Waals surface area contributed by atoms with Crippen LogP contribution in [0.25, 0.3) is 22.3 Å². The number of benzene rings is 1. The van der Waals surface area contributed by atoms with Gasteiger partial charge < -0.3 is 4.42 Å². The van der Waals surface area contributed by atoms with Gasteiger partial charge in [0.1, 0.15) is 15.0 Å². The van der Waals surface area contributed by atoms with E-state index in [2.05, 4.69) is 57.7 Å². The highest BCUT2D eigenvalue weighted by molar-refractivity contribution is 14.1. The van der Waals surface area contributed by atoms with Crippen molar-refractivity contribution in [2.24, 2.45) is 0 Å². The van der Waals surface area contributed by atoms with Crippen LogP contribution in [0.2, 0.25) is 0 Å². The van der Waals surface area contributed by atoms with E-state index in [1.165, 1.54) is 24.0 Å². The summed E-state index contributed by atoms with van der Waals surface area (Å²) in [4.78, 5) is 6.93. The maximum atomic E-state index is 6.09. The van der Waals surface area contributed by atoms with E-state index < -0.39 is 0 Å². The van der Waals surface area contributed by atoms with Crippen molar-refractivity contribution in [3.05, 3.63) is 51.9 Å². The molecule has 0 spiro atoms. The monoisotopic (exact) mass is 404 g/mol. The predicted molar refractivity (Wildman–Crippen MR) is 96.8 cm³/mol. The summed E-state index contributed by atoms with van der Waals surface area (Å²) in [6.45, 7) is 1.15. The Hall–Kier alpha value is -1.40. The average molecular weight is 404 g/mol. The Balaban J connectivity index is 1.87. The fourth-order valence-electron chi connectivity index (χ4n) is 3.34. The van der Waals surface area contributed by atoms with Gasteiger partial charge in [-0.05, 0) is 72.8 Å². The van der Waals surface area contributed by atoms with E-state index in [1.807, 2.05) is 24.4 Å². The van der Waals surface area contributed by atoms with Gasteiger partial charge in [-0.3, -0.25) is 4.90 Å². The van der Waals surface area contributed by atoms with E-state index in [9.17, 15) is 0 Å². The van der Waals surface area contributed by atoms with Crippen LogP contribution >= 0.6 is 22.6 Å². The maximum Gasteiger partial charge on any atom is 0.135 e. The van der Waals surface area contributed by atoms with Crippen LogP contribution in [0.1, 0.15) is 24.4 Å². The van der Waals surface area contributed by atoms with Crippen molar-refractivity contribution in [1.82, 2.24) is 9.88 Å². The van der Waals surface area contributed by atoms with Gasteiger partial charge >= 0.3 is 0 Å². The van der Waals surface area contributed by atoms with Gasteiger partial charge in [-0.2, -0.15) is 0 Å². The molecule has 0 unspecified atom stereocenters. The summed E-state index contributed by atoms with van der Waals surface area (Å²) in [5.74, 6) is 0.941. The molecule has 112 valence electrons. The van der Waals surface area contributed by atoms with Crippen molar-refractivity contribution in [2.75, 3.05) is 13.6 Å². The van der Waals surface area contributed by atoms with Gasteiger partial charge in [-0.15, -0.1) is 0 Å². The zero-order chi connectivity index (χ0) is 15.1. The molecule has 0 radical (unpaired) electrons. The molecule has 1 aromatic carbocycles. The molecule has 2 aromatic heterocycles. The molecule has 3 nitrogen and oxygen atoms in total. The first kappa shape index (κ1) is 14.2. The van der Waals surface area contributed by atoms with Gasteiger partial charge in [0, 0.05) is 23.2 Å². The van der Waals surface area contributed by atoms with Crippen molar-refractivity contribution < 1.29 is 4.42 Å². The Bertz CT molecular complexity index is 794. The summed E-state index contributed by atoms with van der Waals surface area (Å²) < 4.78 is 7.09. The molecule has 0 saturated carbocycles. The van der Waals surface area contributed by atoms with Gasteiger partial charge in [-0.25, -0.2) is 4.98 Å². The van der Waals surface area contributed by atoms with Crippen LogP contribution in [0.3, 0.4) is 0 Å². The molecule has 22 heavy (non-hydrogen) atoms. The Morgan fingerprint density at radius 2 is 2.14 bits per heavy atom. The molecular weight excluding hydrogens is 387 g/mol. The Morgan fingerprint density at radius 3 is 2.91 bits per heavy atom. The molecule has 1 aliphatic rings. The normalized spacial score (nSPS) is 19.1. The largest absolute Gasteiger partial charge is 0.456 e. The first-order chi connectivity index (χ1) is 10.7.